The predicted molar refractivity (Wildman–Crippen MR) is 160 cm³/mol. The fourth-order valence-electron chi connectivity index (χ4n) is 5.88. The van der Waals surface area contributed by atoms with Gasteiger partial charge in [-0.1, -0.05) is 30.3 Å². The lowest BCUT2D eigenvalue weighted by molar-refractivity contribution is 0.0629. The summed E-state index contributed by atoms with van der Waals surface area (Å²) in [5.74, 6) is -1.52. The van der Waals surface area contributed by atoms with E-state index in [9.17, 15) is 18.8 Å². The fraction of sp³-hybridized carbons (Fsp3) is 0.182. The van der Waals surface area contributed by atoms with Crippen LogP contribution in [0.1, 0.15) is 47.2 Å². The summed E-state index contributed by atoms with van der Waals surface area (Å²) in [7, 11) is 0. The molecule has 2 aliphatic heterocycles. The lowest BCUT2D eigenvalue weighted by Crippen LogP contribution is -2.46. The molecule has 5 heterocycles. The third kappa shape index (κ3) is 5.03. The average Bonchev–Trinajstić information content (AvgIpc) is 3.66. The van der Waals surface area contributed by atoms with E-state index in [4.69, 9.17) is 0 Å². The Morgan fingerprint density at radius 3 is 2.51 bits per heavy atom. The molecule has 1 N–H and O–H groups in total. The van der Waals surface area contributed by atoms with E-state index in [1.165, 1.54) is 23.5 Å². The molecule has 0 spiro atoms. The highest BCUT2D eigenvalue weighted by molar-refractivity contribution is 7.14. The summed E-state index contributed by atoms with van der Waals surface area (Å²) in [5, 5.41) is 7.69. The number of carbonyl (C=O) groups excluding carboxylic acids is 3. The van der Waals surface area contributed by atoms with E-state index >= 15 is 0 Å². The van der Waals surface area contributed by atoms with Gasteiger partial charge < -0.3 is 5.32 Å². The number of imide groups is 1. The van der Waals surface area contributed by atoms with Crippen molar-refractivity contribution in [1.82, 2.24) is 25.0 Å². The Morgan fingerprint density at radius 2 is 1.77 bits per heavy atom. The SMILES string of the molecule is O=C(NC(Cc1cccc(F)c1)CN1C(=O)c2ccccc2C1=O)c1cc2c(s1)CCCn1ncc(-c3cccnc3)c1-2. The number of hydrogen-bond donors (Lipinski definition) is 1. The molecule has 5 aromatic rings. The van der Waals surface area contributed by atoms with Crippen molar-refractivity contribution in [2.24, 2.45) is 0 Å². The molecule has 7 rings (SSSR count). The molecule has 3 amide bonds. The van der Waals surface area contributed by atoms with Crippen LogP contribution in [-0.2, 0) is 19.4 Å². The standard InChI is InChI=1S/C33H26FN5O3S/c34-22-8-3-6-20(14-22)15-23(19-38-32(41)24-9-1-2-10-25(24)33(38)42)37-31(40)29-16-26-28(43-29)11-5-13-39-30(26)27(18-36-39)21-7-4-12-35-17-21/h1-4,6-10,12,14,16-18,23H,5,11,13,15,19H2,(H,37,40). The summed E-state index contributed by atoms with van der Waals surface area (Å²) in [6.45, 7) is 0.728. The Hall–Kier alpha value is -4.96. The van der Waals surface area contributed by atoms with E-state index < -0.39 is 23.7 Å². The van der Waals surface area contributed by atoms with Crippen molar-refractivity contribution in [2.45, 2.75) is 31.8 Å². The summed E-state index contributed by atoms with van der Waals surface area (Å²) in [5.41, 5.74) is 5.15. The second kappa shape index (κ2) is 11.0. The van der Waals surface area contributed by atoms with E-state index in [-0.39, 0.29) is 18.9 Å². The van der Waals surface area contributed by atoms with Gasteiger partial charge in [0, 0.05) is 47.1 Å². The number of aromatic nitrogens is 3. The van der Waals surface area contributed by atoms with Crippen LogP contribution in [0.2, 0.25) is 0 Å². The first-order chi connectivity index (χ1) is 21.0. The van der Waals surface area contributed by atoms with Crippen LogP contribution in [0.3, 0.4) is 0 Å². The molecule has 1 atom stereocenters. The van der Waals surface area contributed by atoms with Crippen molar-refractivity contribution < 1.29 is 18.8 Å². The zero-order valence-corrected chi connectivity index (χ0v) is 23.8. The lowest BCUT2D eigenvalue weighted by Gasteiger charge is -2.24. The summed E-state index contributed by atoms with van der Waals surface area (Å²) in [6.07, 6.45) is 7.31. The molecule has 43 heavy (non-hydrogen) atoms. The molecular formula is C33H26FN5O3S. The Labute approximate surface area is 250 Å². The molecule has 0 saturated heterocycles. The maximum Gasteiger partial charge on any atom is 0.261 e. The van der Waals surface area contributed by atoms with Gasteiger partial charge in [-0.15, -0.1) is 11.3 Å². The highest BCUT2D eigenvalue weighted by Crippen LogP contribution is 2.40. The van der Waals surface area contributed by atoms with E-state index in [1.54, 1.807) is 48.8 Å². The van der Waals surface area contributed by atoms with Crippen molar-refractivity contribution in [3.05, 3.63) is 118 Å². The van der Waals surface area contributed by atoms with E-state index in [1.807, 2.05) is 29.1 Å². The average molecular weight is 592 g/mol. The van der Waals surface area contributed by atoms with Crippen LogP contribution in [-0.4, -0.2) is 50.0 Å². The molecular weight excluding hydrogens is 565 g/mol. The Balaban J connectivity index is 1.19. The smallest absolute Gasteiger partial charge is 0.261 e. The van der Waals surface area contributed by atoms with Crippen molar-refractivity contribution >= 4 is 29.1 Å². The van der Waals surface area contributed by atoms with Crippen LogP contribution < -0.4 is 5.32 Å². The van der Waals surface area contributed by atoms with Crippen molar-refractivity contribution in [1.29, 1.82) is 0 Å². The summed E-state index contributed by atoms with van der Waals surface area (Å²) < 4.78 is 16.0. The third-order valence-electron chi connectivity index (χ3n) is 7.86. The number of nitrogens with zero attached hydrogens (tertiary/aromatic N) is 4. The quantitative estimate of drug-likeness (QED) is 0.256. The molecule has 0 fully saturated rings. The molecule has 0 radical (unpaired) electrons. The number of carbonyl (C=O) groups is 3. The number of benzene rings is 2. The number of halogens is 1. The maximum absolute atomic E-state index is 14.1. The second-order valence-electron chi connectivity index (χ2n) is 10.7. The van der Waals surface area contributed by atoms with Crippen LogP contribution in [0.15, 0.2) is 85.3 Å². The first-order valence-corrected chi connectivity index (χ1v) is 14.9. The van der Waals surface area contributed by atoms with Crippen LogP contribution in [0.4, 0.5) is 4.39 Å². The topological polar surface area (TPSA) is 97.2 Å². The normalized spacial score (nSPS) is 14.6. The maximum atomic E-state index is 14.1. The van der Waals surface area contributed by atoms with Gasteiger partial charge in [0.1, 0.15) is 5.82 Å². The molecule has 214 valence electrons. The third-order valence-corrected chi connectivity index (χ3v) is 9.05. The van der Waals surface area contributed by atoms with Crippen molar-refractivity contribution in [3.8, 4) is 22.4 Å². The number of thiophene rings is 1. The first kappa shape index (κ1) is 26.9. The Morgan fingerprint density at radius 1 is 0.953 bits per heavy atom. The zero-order chi connectivity index (χ0) is 29.5. The molecule has 0 bridgehead atoms. The van der Waals surface area contributed by atoms with Gasteiger partial charge in [-0.3, -0.25) is 28.9 Å². The van der Waals surface area contributed by atoms with Crippen LogP contribution >= 0.6 is 11.3 Å². The first-order valence-electron chi connectivity index (χ1n) is 14.1. The van der Waals surface area contributed by atoms with Gasteiger partial charge in [-0.2, -0.15) is 5.10 Å². The summed E-state index contributed by atoms with van der Waals surface area (Å²) in [4.78, 5) is 47.1. The summed E-state index contributed by atoms with van der Waals surface area (Å²) in [6, 6.07) is 17.9. The Kier molecular flexibility index (Phi) is 6.90. The van der Waals surface area contributed by atoms with Gasteiger partial charge in [0.05, 0.1) is 33.9 Å². The molecule has 0 saturated carbocycles. The minimum Gasteiger partial charge on any atom is -0.346 e. The minimum atomic E-state index is -0.644. The fourth-order valence-corrected chi connectivity index (χ4v) is 6.99. The molecule has 1 unspecified atom stereocenters. The highest BCUT2D eigenvalue weighted by atomic mass is 32.1. The van der Waals surface area contributed by atoms with Gasteiger partial charge in [0.25, 0.3) is 17.7 Å². The number of hydrogen-bond acceptors (Lipinski definition) is 6. The van der Waals surface area contributed by atoms with Crippen LogP contribution in [0.25, 0.3) is 22.4 Å². The van der Waals surface area contributed by atoms with Gasteiger partial charge in [0.15, 0.2) is 0 Å². The van der Waals surface area contributed by atoms with E-state index in [0.717, 1.165) is 51.5 Å². The number of rotatable bonds is 7. The number of aryl methyl sites for hydroxylation is 2. The van der Waals surface area contributed by atoms with Crippen molar-refractivity contribution in [2.75, 3.05) is 6.54 Å². The van der Waals surface area contributed by atoms with Gasteiger partial charge >= 0.3 is 0 Å². The highest BCUT2D eigenvalue weighted by Gasteiger charge is 2.37. The molecule has 10 heteroatoms. The predicted octanol–water partition coefficient (Wildman–Crippen LogP) is 5.40. The van der Waals surface area contributed by atoms with Gasteiger partial charge in [-0.25, -0.2) is 4.39 Å². The van der Waals surface area contributed by atoms with Gasteiger partial charge in [0.2, 0.25) is 0 Å². The lowest BCUT2D eigenvalue weighted by atomic mass is 10.0. The van der Waals surface area contributed by atoms with Crippen molar-refractivity contribution in [3.63, 3.8) is 0 Å². The monoisotopic (exact) mass is 591 g/mol. The van der Waals surface area contributed by atoms with Gasteiger partial charge in [-0.05, 0) is 61.2 Å². The minimum absolute atomic E-state index is 0.0440. The van der Waals surface area contributed by atoms with Crippen LogP contribution in [0.5, 0.6) is 0 Å². The second-order valence-corrected chi connectivity index (χ2v) is 11.8. The molecule has 2 aliphatic rings. The summed E-state index contributed by atoms with van der Waals surface area (Å²) >= 11 is 1.44. The molecule has 8 nitrogen and oxygen atoms in total. The largest absolute Gasteiger partial charge is 0.346 e. The van der Waals surface area contributed by atoms with E-state index in [0.29, 0.717) is 21.6 Å². The number of fused-ring (bicyclic) bond motifs is 4. The van der Waals surface area contributed by atoms with E-state index in [2.05, 4.69) is 15.4 Å². The zero-order valence-electron chi connectivity index (χ0n) is 23.0. The molecule has 2 aromatic carbocycles. The Bertz CT molecular complexity index is 1850. The number of amides is 3. The van der Waals surface area contributed by atoms with Crippen LogP contribution in [0, 0.1) is 5.82 Å². The number of nitrogens with one attached hydrogen (secondary N) is 1. The number of pyridine rings is 1. The molecule has 3 aromatic heterocycles. The molecule has 0 aliphatic carbocycles.